The summed E-state index contributed by atoms with van der Waals surface area (Å²) in [4.78, 5) is 23.5. The minimum absolute atomic E-state index is 0.0337. The number of aromatic nitrogens is 2. The molecule has 0 aliphatic rings. The van der Waals surface area contributed by atoms with E-state index in [0.29, 0.717) is 0 Å². The molecule has 0 N–H and O–H groups in total. The van der Waals surface area contributed by atoms with Gasteiger partial charge in [-0.2, -0.15) is 0 Å². The van der Waals surface area contributed by atoms with Gasteiger partial charge in [-0.3, -0.25) is 18.7 Å². The molecule has 0 aliphatic heterocycles. The lowest BCUT2D eigenvalue weighted by molar-refractivity contribution is 0.969. The van der Waals surface area contributed by atoms with Gasteiger partial charge in [0.2, 0.25) is 0 Å². The Morgan fingerprint density at radius 3 is 1.62 bits per heavy atom. The van der Waals surface area contributed by atoms with Crippen molar-refractivity contribution >= 4 is 63.7 Å². The first-order valence-corrected chi connectivity index (χ1v) is 12.6. The summed E-state index contributed by atoms with van der Waals surface area (Å²) >= 11 is 13.7. The highest BCUT2D eigenvalue weighted by molar-refractivity contribution is 9.11. The van der Waals surface area contributed by atoms with Crippen molar-refractivity contribution in [2.24, 2.45) is 0 Å². The van der Waals surface area contributed by atoms with Crippen LogP contribution in [0.4, 0.5) is 0 Å². The highest BCUT2D eigenvalue weighted by Crippen LogP contribution is 2.25. The Labute approximate surface area is 219 Å². The topological polar surface area (TPSA) is 44.0 Å². The average molecular weight is 686 g/mol. The van der Waals surface area contributed by atoms with Gasteiger partial charge < -0.3 is 0 Å². The number of hydrogen-bond acceptors (Lipinski definition) is 2. The number of benzene rings is 2. The number of nitrogens with zero attached hydrogens (tertiary/aromatic N) is 2. The fourth-order valence-corrected chi connectivity index (χ4v) is 4.94. The van der Waals surface area contributed by atoms with E-state index in [1.165, 1.54) is 0 Å². The molecule has 8 heteroatoms. The van der Waals surface area contributed by atoms with Gasteiger partial charge in [0.25, 0.3) is 11.1 Å². The van der Waals surface area contributed by atoms with Crippen LogP contribution >= 0.6 is 63.7 Å². The molecule has 0 unspecified atom stereocenters. The fourth-order valence-electron chi connectivity index (χ4n) is 2.91. The van der Waals surface area contributed by atoms with Crippen molar-refractivity contribution in [3.63, 3.8) is 0 Å². The van der Waals surface area contributed by atoms with Gasteiger partial charge in [-0.1, -0.05) is 44.0 Å². The smallest absolute Gasteiger partial charge is 0.255 e. The van der Waals surface area contributed by atoms with E-state index >= 15 is 0 Å². The van der Waals surface area contributed by atoms with Crippen molar-refractivity contribution in [3.8, 4) is 11.4 Å². The molecule has 0 aliphatic carbocycles. The maximum absolute atomic E-state index is 11.8. The van der Waals surface area contributed by atoms with E-state index in [2.05, 4.69) is 63.7 Å². The van der Waals surface area contributed by atoms with Crippen LogP contribution in [0.1, 0.15) is 11.1 Å². The highest BCUT2D eigenvalue weighted by Gasteiger charge is 2.06. The van der Waals surface area contributed by atoms with Crippen LogP contribution in [0, 0.1) is 13.8 Å². The molecule has 4 nitrogen and oxygen atoms in total. The van der Waals surface area contributed by atoms with Gasteiger partial charge in [0.05, 0.1) is 11.4 Å². The second-order valence-electron chi connectivity index (χ2n) is 7.02. The SMILES string of the molecule is Cc1ccc(=O)n(-c2cc(Br)ccc2Br)c1.Cc1ccc(=O)n(-c2ccc(Br)cc2Br)c1. The molecule has 4 rings (SSSR count). The van der Waals surface area contributed by atoms with Crippen molar-refractivity contribution in [1.82, 2.24) is 9.13 Å². The summed E-state index contributed by atoms with van der Waals surface area (Å²) in [6, 6.07) is 18.2. The molecule has 0 radical (unpaired) electrons. The van der Waals surface area contributed by atoms with Gasteiger partial charge in [0.1, 0.15) is 0 Å². The van der Waals surface area contributed by atoms with Crippen LogP contribution in [-0.4, -0.2) is 9.13 Å². The summed E-state index contributed by atoms with van der Waals surface area (Å²) in [7, 11) is 0. The quantitative estimate of drug-likeness (QED) is 0.222. The van der Waals surface area contributed by atoms with E-state index in [4.69, 9.17) is 0 Å². The Morgan fingerprint density at radius 2 is 1.06 bits per heavy atom. The van der Waals surface area contributed by atoms with Crippen LogP contribution in [0.15, 0.2) is 101 Å². The van der Waals surface area contributed by atoms with Gasteiger partial charge >= 0.3 is 0 Å². The van der Waals surface area contributed by atoms with Gasteiger partial charge in [-0.25, -0.2) is 0 Å². The molecular formula is C24H18Br4N2O2. The summed E-state index contributed by atoms with van der Waals surface area (Å²) in [5.41, 5.74) is 3.71. The molecule has 0 bridgehead atoms. The van der Waals surface area contributed by atoms with Crippen molar-refractivity contribution in [3.05, 3.63) is 123 Å². The number of rotatable bonds is 2. The summed E-state index contributed by atoms with van der Waals surface area (Å²) in [5.74, 6) is 0. The zero-order valence-electron chi connectivity index (χ0n) is 17.2. The third-order valence-corrected chi connectivity index (χ3v) is 6.75. The first kappa shape index (κ1) is 24.9. The Bertz CT molecular complexity index is 1390. The molecule has 0 saturated carbocycles. The minimum atomic E-state index is -0.0376. The predicted octanol–water partition coefficient (Wildman–Crippen LogP) is 7.34. The molecule has 0 amide bonds. The zero-order valence-corrected chi connectivity index (χ0v) is 23.5. The third kappa shape index (κ3) is 6.19. The maximum Gasteiger partial charge on any atom is 0.255 e. The standard InChI is InChI=1S/2C12H9Br2NO/c1-8-2-5-12(16)15(7-8)11-4-3-9(13)6-10(11)14;1-8-2-5-12(16)15(7-8)11-6-9(13)3-4-10(11)14/h2*2-7H,1H3. The summed E-state index contributed by atoms with van der Waals surface area (Å²) in [6.45, 7) is 3.92. The lowest BCUT2D eigenvalue weighted by atomic mass is 10.2. The van der Waals surface area contributed by atoms with Crippen molar-refractivity contribution < 1.29 is 0 Å². The Balaban J connectivity index is 0.000000181. The molecule has 0 spiro atoms. The molecule has 0 atom stereocenters. The van der Waals surface area contributed by atoms with Crippen LogP contribution in [0.5, 0.6) is 0 Å². The molecule has 0 saturated heterocycles. The lowest BCUT2D eigenvalue weighted by Crippen LogP contribution is -2.16. The fraction of sp³-hybridized carbons (Fsp3) is 0.0833. The molecule has 2 heterocycles. The maximum atomic E-state index is 11.8. The Kier molecular flexibility index (Phi) is 8.49. The van der Waals surface area contributed by atoms with E-state index in [1.54, 1.807) is 21.3 Å². The second-order valence-corrected chi connectivity index (χ2v) is 10.6. The molecule has 164 valence electrons. The summed E-state index contributed by atoms with van der Waals surface area (Å²) in [6.07, 6.45) is 3.66. The van der Waals surface area contributed by atoms with E-state index in [9.17, 15) is 9.59 Å². The van der Waals surface area contributed by atoms with E-state index in [0.717, 1.165) is 40.4 Å². The van der Waals surface area contributed by atoms with Crippen LogP contribution in [0.25, 0.3) is 11.4 Å². The van der Waals surface area contributed by atoms with Crippen molar-refractivity contribution in [2.45, 2.75) is 13.8 Å². The minimum Gasteiger partial charge on any atom is -0.283 e. The first-order valence-electron chi connectivity index (χ1n) is 9.45. The first-order chi connectivity index (χ1) is 15.2. The zero-order chi connectivity index (χ0) is 23.4. The van der Waals surface area contributed by atoms with Gasteiger partial charge in [0.15, 0.2) is 0 Å². The number of aryl methyl sites for hydroxylation is 2. The molecule has 2 aromatic heterocycles. The van der Waals surface area contributed by atoms with Crippen LogP contribution in [0.2, 0.25) is 0 Å². The molecule has 0 fully saturated rings. The predicted molar refractivity (Wildman–Crippen MR) is 144 cm³/mol. The van der Waals surface area contributed by atoms with Gasteiger partial charge in [0, 0.05) is 42.4 Å². The van der Waals surface area contributed by atoms with Crippen LogP contribution in [0.3, 0.4) is 0 Å². The lowest BCUT2D eigenvalue weighted by Gasteiger charge is -2.09. The summed E-state index contributed by atoms with van der Waals surface area (Å²) in [5, 5.41) is 0. The van der Waals surface area contributed by atoms with Gasteiger partial charge in [-0.15, -0.1) is 0 Å². The normalized spacial score (nSPS) is 10.4. The van der Waals surface area contributed by atoms with Gasteiger partial charge in [-0.05, 0) is 93.2 Å². The van der Waals surface area contributed by atoms with Crippen molar-refractivity contribution in [1.29, 1.82) is 0 Å². The Hall–Kier alpha value is -1.74. The number of hydrogen-bond donors (Lipinski definition) is 0. The molecule has 32 heavy (non-hydrogen) atoms. The second kappa shape index (κ2) is 10.9. The van der Waals surface area contributed by atoms with Crippen LogP contribution in [-0.2, 0) is 0 Å². The van der Waals surface area contributed by atoms with Crippen molar-refractivity contribution in [2.75, 3.05) is 0 Å². The number of halogens is 4. The van der Waals surface area contributed by atoms with E-state index in [-0.39, 0.29) is 11.1 Å². The molecule has 2 aromatic carbocycles. The highest BCUT2D eigenvalue weighted by atomic mass is 79.9. The number of pyridine rings is 2. The molecule has 4 aromatic rings. The van der Waals surface area contributed by atoms with Crippen LogP contribution < -0.4 is 11.1 Å². The Morgan fingerprint density at radius 1 is 0.562 bits per heavy atom. The van der Waals surface area contributed by atoms with E-state index < -0.39 is 0 Å². The summed E-state index contributed by atoms with van der Waals surface area (Å²) < 4.78 is 6.96. The molecular weight excluding hydrogens is 668 g/mol. The third-order valence-electron chi connectivity index (χ3n) is 4.45. The monoisotopic (exact) mass is 682 g/mol. The van der Waals surface area contributed by atoms with E-state index in [1.807, 2.05) is 74.8 Å². The average Bonchev–Trinajstić information content (AvgIpc) is 2.74. The largest absolute Gasteiger partial charge is 0.283 e.